The summed E-state index contributed by atoms with van der Waals surface area (Å²) < 4.78 is 18.8. The monoisotopic (exact) mass is 531 g/mol. The number of aryl methyl sites for hydroxylation is 2. The van der Waals surface area contributed by atoms with E-state index in [1.165, 1.54) is 0 Å². The molecule has 0 radical (unpaired) electrons. The highest BCUT2D eigenvalue weighted by Gasteiger charge is 2.52. The van der Waals surface area contributed by atoms with Crippen LogP contribution in [0.1, 0.15) is 66.4 Å². The molecule has 8 heteroatoms. The number of Topliss-reactive ketones (excluding diaryl/α,β-unsaturated/α-hetero) is 1. The van der Waals surface area contributed by atoms with Crippen LogP contribution in [0.15, 0.2) is 40.9 Å². The molecule has 1 spiro atoms. The van der Waals surface area contributed by atoms with Gasteiger partial charge in [-0.25, -0.2) is 4.98 Å². The molecule has 2 saturated carbocycles. The fourth-order valence-corrected chi connectivity index (χ4v) is 7.25. The van der Waals surface area contributed by atoms with E-state index in [4.69, 9.17) is 30.6 Å². The number of halogens is 1. The van der Waals surface area contributed by atoms with E-state index in [2.05, 4.69) is 27.9 Å². The number of ether oxygens (including phenoxy) is 2. The van der Waals surface area contributed by atoms with E-state index in [0.717, 1.165) is 77.5 Å². The molecule has 2 aromatic heterocycles. The average Bonchev–Trinajstić information content (AvgIpc) is 3.51. The van der Waals surface area contributed by atoms with Crippen molar-refractivity contribution in [2.75, 3.05) is 20.3 Å². The minimum Gasteiger partial charge on any atom is -0.495 e. The second-order valence-corrected chi connectivity index (χ2v) is 11.7. The maximum Gasteiger partial charge on any atom is 0.141 e. The predicted molar refractivity (Wildman–Crippen MR) is 144 cm³/mol. The number of rotatable bonds is 5. The van der Waals surface area contributed by atoms with Crippen LogP contribution in [0, 0.1) is 19.3 Å². The van der Waals surface area contributed by atoms with Crippen molar-refractivity contribution >= 4 is 28.4 Å². The summed E-state index contributed by atoms with van der Waals surface area (Å²) in [5, 5.41) is 4.66. The van der Waals surface area contributed by atoms with Gasteiger partial charge in [0, 0.05) is 29.4 Å². The summed E-state index contributed by atoms with van der Waals surface area (Å²) in [6.07, 6.45) is 3.47. The van der Waals surface area contributed by atoms with Gasteiger partial charge in [0.25, 0.3) is 0 Å². The van der Waals surface area contributed by atoms with E-state index < -0.39 is 0 Å². The van der Waals surface area contributed by atoms with Crippen LogP contribution in [-0.2, 0) is 9.53 Å². The summed E-state index contributed by atoms with van der Waals surface area (Å²) in [4.78, 5) is 18.6. The van der Waals surface area contributed by atoms with Crippen molar-refractivity contribution in [2.45, 2.75) is 57.4 Å². The topological polar surface area (TPSA) is 79.4 Å². The number of hydrogen-bond acceptors (Lipinski definition) is 6. The normalized spacial score (nSPS) is 22.7. The van der Waals surface area contributed by atoms with Gasteiger partial charge in [0.15, 0.2) is 0 Å². The Labute approximate surface area is 226 Å². The zero-order valence-electron chi connectivity index (χ0n) is 21.8. The highest BCUT2D eigenvalue weighted by molar-refractivity contribution is 6.32. The van der Waals surface area contributed by atoms with Crippen molar-refractivity contribution in [3.63, 3.8) is 0 Å². The van der Waals surface area contributed by atoms with E-state index in [-0.39, 0.29) is 17.6 Å². The molecule has 38 heavy (non-hydrogen) atoms. The summed E-state index contributed by atoms with van der Waals surface area (Å²) in [5.74, 6) is 2.35. The van der Waals surface area contributed by atoms with E-state index >= 15 is 0 Å². The number of benzene rings is 2. The quantitative estimate of drug-likeness (QED) is 0.290. The van der Waals surface area contributed by atoms with Crippen molar-refractivity contribution in [3.05, 3.63) is 64.3 Å². The van der Waals surface area contributed by atoms with Crippen molar-refractivity contribution in [3.8, 4) is 16.9 Å². The molecule has 0 bridgehead atoms. The summed E-state index contributed by atoms with van der Waals surface area (Å²) in [6, 6.07) is 12.5. The van der Waals surface area contributed by atoms with Crippen molar-refractivity contribution in [2.24, 2.45) is 5.41 Å². The molecule has 7 rings (SSSR count). The van der Waals surface area contributed by atoms with E-state index in [9.17, 15) is 4.79 Å². The highest BCUT2D eigenvalue weighted by atomic mass is 35.5. The molecule has 196 valence electrons. The van der Waals surface area contributed by atoms with Crippen molar-refractivity contribution in [1.29, 1.82) is 0 Å². The van der Waals surface area contributed by atoms with Gasteiger partial charge in [-0.1, -0.05) is 28.9 Å². The van der Waals surface area contributed by atoms with Crippen molar-refractivity contribution in [1.82, 2.24) is 14.7 Å². The number of imidazole rings is 1. The number of methoxy groups -OCH3 is 1. The molecular weight excluding hydrogens is 502 g/mol. The molecule has 3 aliphatic rings. The van der Waals surface area contributed by atoms with Gasteiger partial charge in [-0.05, 0) is 68.5 Å². The molecule has 0 N–H and O–H groups in total. The van der Waals surface area contributed by atoms with Crippen LogP contribution >= 0.6 is 11.6 Å². The zero-order chi connectivity index (χ0) is 26.2. The largest absolute Gasteiger partial charge is 0.495 e. The number of hydrogen-bond donors (Lipinski definition) is 0. The smallest absolute Gasteiger partial charge is 0.141 e. The van der Waals surface area contributed by atoms with Gasteiger partial charge >= 0.3 is 0 Å². The molecule has 1 aliphatic heterocycles. The first-order chi connectivity index (χ1) is 18.4. The zero-order valence-corrected chi connectivity index (χ0v) is 22.5. The minimum atomic E-state index is -0.280. The summed E-state index contributed by atoms with van der Waals surface area (Å²) in [7, 11) is 1.60. The highest BCUT2D eigenvalue weighted by Crippen LogP contribution is 2.55. The number of carbonyl (C=O) groups is 1. The predicted octanol–water partition coefficient (Wildman–Crippen LogP) is 6.55. The Morgan fingerprint density at radius 3 is 2.61 bits per heavy atom. The van der Waals surface area contributed by atoms with Crippen LogP contribution in [0.2, 0.25) is 5.02 Å². The van der Waals surface area contributed by atoms with E-state index in [0.29, 0.717) is 28.6 Å². The van der Waals surface area contributed by atoms with Gasteiger partial charge in [0.2, 0.25) is 0 Å². The first kappa shape index (κ1) is 23.9. The second-order valence-electron chi connectivity index (χ2n) is 11.3. The maximum absolute atomic E-state index is 13.3. The van der Waals surface area contributed by atoms with Crippen LogP contribution in [0.25, 0.3) is 22.2 Å². The summed E-state index contributed by atoms with van der Waals surface area (Å²) >= 11 is 6.49. The lowest BCUT2D eigenvalue weighted by Gasteiger charge is -2.54. The third kappa shape index (κ3) is 3.55. The van der Waals surface area contributed by atoms with Crippen LogP contribution in [0.3, 0.4) is 0 Å². The lowest BCUT2D eigenvalue weighted by atomic mass is 9.64. The minimum absolute atomic E-state index is 0.0175. The van der Waals surface area contributed by atoms with Crippen LogP contribution in [-0.4, -0.2) is 40.8 Å². The lowest BCUT2D eigenvalue weighted by Crippen LogP contribution is -2.52. The van der Waals surface area contributed by atoms with E-state index in [1.807, 2.05) is 32.0 Å². The number of fused-ring (bicyclic) bond motifs is 1. The lowest BCUT2D eigenvalue weighted by molar-refractivity contribution is -0.174. The molecule has 2 aromatic carbocycles. The van der Waals surface area contributed by atoms with Crippen molar-refractivity contribution < 1.29 is 18.8 Å². The Hall–Kier alpha value is -3.16. The van der Waals surface area contributed by atoms with Crippen LogP contribution < -0.4 is 4.74 Å². The molecule has 1 saturated heterocycles. The Morgan fingerprint density at radius 2 is 1.95 bits per heavy atom. The van der Waals surface area contributed by atoms with Gasteiger partial charge in [0.1, 0.15) is 23.1 Å². The maximum atomic E-state index is 13.3. The first-order valence-electron chi connectivity index (χ1n) is 13.3. The molecule has 2 aliphatic carbocycles. The third-order valence-electron chi connectivity index (χ3n) is 8.88. The number of carbonyl (C=O) groups excluding carboxylic acids is 1. The summed E-state index contributed by atoms with van der Waals surface area (Å²) in [6.45, 7) is 5.59. The molecule has 2 atom stereocenters. The number of nitrogens with zero attached hydrogens (tertiary/aromatic N) is 3. The number of ketones is 1. The standard InChI is InChI=1S/C30H30ClN3O4/c1-16-27(17(2)38-33-16)19-4-7-24-23(11-19)32-29(34(24)20-12-30(13-20)14-37-15-30)21-6-8-25(35)28(21)18-5-9-26(36-3)22(31)10-18/h4-5,7,9-11,20-21,28H,6,8,12-15H2,1-3H3/t21-,28?/m1/s1. The van der Waals surface area contributed by atoms with Gasteiger partial charge in [-0.3, -0.25) is 4.79 Å². The van der Waals surface area contributed by atoms with Crippen LogP contribution in [0.5, 0.6) is 5.75 Å². The average molecular weight is 532 g/mol. The molecule has 1 unspecified atom stereocenters. The Bertz CT molecular complexity index is 1560. The fraction of sp³-hybridized carbons (Fsp3) is 0.433. The molecule has 7 nitrogen and oxygen atoms in total. The SMILES string of the molecule is COc1ccc(C2C(=O)CC[C@H]2c2nc3cc(-c4c(C)noc4C)ccc3n2C2CC3(COC3)C2)cc1Cl. The molecule has 3 heterocycles. The Kier molecular flexibility index (Phi) is 5.46. The third-order valence-corrected chi connectivity index (χ3v) is 9.17. The van der Waals surface area contributed by atoms with E-state index in [1.54, 1.807) is 7.11 Å². The molecular formula is C30H30ClN3O4. The fourth-order valence-electron chi connectivity index (χ4n) is 6.98. The van der Waals surface area contributed by atoms with Crippen LogP contribution in [0.4, 0.5) is 0 Å². The second kappa shape index (κ2) is 8.68. The number of aromatic nitrogens is 3. The molecule has 3 fully saturated rings. The molecule has 0 amide bonds. The Balaban J connectivity index is 1.35. The Morgan fingerprint density at radius 1 is 1.13 bits per heavy atom. The van der Waals surface area contributed by atoms with Gasteiger partial charge in [-0.15, -0.1) is 0 Å². The first-order valence-corrected chi connectivity index (χ1v) is 13.6. The molecule has 4 aromatic rings. The van der Waals surface area contributed by atoms with Gasteiger partial charge < -0.3 is 18.6 Å². The van der Waals surface area contributed by atoms with Gasteiger partial charge in [0.05, 0.1) is 48.0 Å². The van der Waals surface area contributed by atoms with Gasteiger partial charge in [-0.2, -0.15) is 0 Å². The summed E-state index contributed by atoms with van der Waals surface area (Å²) in [5.41, 5.74) is 6.21.